The maximum atomic E-state index is 12.8. The lowest BCUT2D eigenvalue weighted by molar-refractivity contribution is -0.121. The van der Waals surface area contributed by atoms with Gasteiger partial charge in [0, 0.05) is 7.05 Å². The van der Waals surface area contributed by atoms with Gasteiger partial charge in [-0.3, -0.25) is 9.69 Å². The van der Waals surface area contributed by atoms with Crippen LogP contribution in [0.4, 0.5) is 5.69 Å². The molecule has 1 aliphatic heterocycles. The number of nitrogens with zero attached hydrogens (tertiary/aromatic N) is 2. The smallest absolute Gasteiger partial charge is 0.338 e. The molecule has 0 saturated carbocycles. The Hall–Kier alpha value is -3.04. The largest absolute Gasteiger partial charge is 0.493 e. The fourth-order valence-corrected chi connectivity index (χ4v) is 4.47. The Morgan fingerprint density at radius 1 is 1.27 bits per heavy atom. The first-order valence-electron chi connectivity index (χ1n) is 10.0. The average Bonchev–Trinajstić information content (AvgIpc) is 3.06. The van der Waals surface area contributed by atoms with Gasteiger partial charge in [0.1, 0.15) is 6.61 Å². The van der Waals surface area contributed by atoms with E-state index >= 15 is 0 Å². The molecule has 33 heavy (non-hydrogen) atoms. The molecule has 1 amide bonds. The third kappa shape index (κ3) is 5.85. The van der Waals surface area contributed by atoms with E-state index in [-0.39, 0.29) is 11.9 Å². The number of hydrogen-bond acceptors (Lipinski definition) is 7. The fourth-order valence-electron chi connectivity index (χ4n) is 2.91. The highest BCUT2D eigenvalue weighted by Gasteiger charge is 2.30. The topological polar surface area (TPSA) is 77.4 Å². The first-order valence-corrected chi connectivity index (χ1v) is 11.6. The molecule has 9 heteroatoms. The zero-order chi connectivity index (χ0) is 24.0. The summed E-state index contributed by atoms with van der Waals surface area (Å²) in [7, 11) is 3.23. The van der Waals surface area contributed by atoms with Crippen LogP contribution in [-0.4, -0.2) is 49.3 Å². The minimum absolute atomic E-state index is 0.163. The van der Waals surface area contributed by atoms with E-state index in [0.29, 0.717) is 50.5 Å². The highest BCUT2D eigenvalue weighted by atomic mass is 79.9. The molecule has 1 aliphatic rings. The number of carbonyl (C=O) groups excluding carboxylic acids is 2. The number of rotatable bonds is 8. The molecule has 7 nitrogen and oxygen atoms in total. The average molecular weight is 531 g/mol. The van der Waals surface area contributed by atoms with Gasteiger partial charge in [-0.15, -0.1) is 0 Å². The molecule has 1 heterocycles. The number of thioether (sulfide) groups is 1. The number of hydrogen-bond donors (Lipinski definition) is 0. The molecule has 0 aliphatic carbocycles. The van der Waals surface area contributed by atoms with E-state index in [0.717, 1.165) is 5.56 Å². The standard InChI is InChI=1S/C24H23BrN2O5S/c1-5-11-32-21-18(25)12-15(13-19(21)30-4)14-20-22(28)27(3)24(33-20)26-17-9-7-16(8-10-17)23(29)31-6-2/h5,7-10,12-14H,1,6,11H2,2-4H3. The molecule has 0 spiro atoms. The molecule has 0 radical (unpaired) electrons. The Morgan fingerprint density at radius 3 is 2.64 bits per heavy atom. The highest BCUT2D eigenvalue weighted by molar-refractivity contribution is 9.10. The van der Waals surface area contributed by atoms with Crippen LogP contribution in [0, 0.1) is 0 Å². The molecule has 0 bridgehead atoms. The number of esters is 1. The molecule has 0 unspecified atom stereocenters. The van der Waals surface area contributed by atoms with Gasteiger partial charge in [-0.05, 0) is 82.7 Å². The van der Waals surface area contributed by atoms with Crippen molar-refractivity contribution in [3.8, 4) is 11.5 Å². The number of aliphatic imine (C=N–C) groups is 1. The van der Waals surface area contributed by atoms with Crippen LogP contribution in [0.15, 0.2) is 63.4 Å². The number of benzene rings is 2. The molecular weight excluding hydrogens is 508 g/mol. The molecule has 0 N–H and O–H groups in total. The number of halogens is 1. The van der Waals surface area contributed by atoms with Gasteiger partial charge in [0.2, 0.25) is 0 Å². The lowest BCUT2D eigenvalue weighted by Crippen LogP contribution is -2.23. The van der Waals surface area contributed by atoms with Crippen molar-refractivity contribution in [1.82, 2.24) is 4.90 Å². The van der Waals surface area contributed by atoms with E-state index in [2.05, 4.69) is 27.5 Å². The molecule has 2 aromatic carbocycles. The van der Waals surface area contributed by atoms with Gasteiger partial charge in [0.05, 0.1) is 34.3 Å². The predicted octanol–water partition coefficient (Wildman–Crippen LogP) is 5.43. The quantitative estimate of drug-likeness (QED) is 0.257. The first kappa shape index (κ1) is 24.6. The summed E-state index contributed by atoms with van der Waals surface area (Å²) in [4.78, 5) is 31.2. The van der Waals surface area contributed by atoms with Crippen molar-refractivity contribution in [3.05, 3.63) is 69.6 Å². The van der Waals surface area contributed by atoms with Crippen LogP contribution in [0.25, 0.3) is 6.08 Å². The predicted molar refractivity (Wildman–Crippen MR) is 134 cm³/mol. The van der Waals surface area contributed by atoms with Gasteiger partial charge in [-0.25, -0.2) is 9.79 Å². The van der Waals surface area contributed by atoms with E-state index < -0.39 is 0 Å². The minimum Gasteiger partial charge on any atom is -0.493 e. The second-order valence-electron chi connectivity index (χ2n) is 6.77. The van der Waals surface area contributed by atoms with Crippen molar-refractivity contribution >= 4 is 56.5 Å². The summed E-state index contributed by atoms with van der Waals surface area (Å²) in [6, 6.07) is 10.4. The summed E-state index contributed by atoms with van der Waals surface area (Å²) in [5, 5.41) is 0.534. The van der Waals surface area contributed by atoms with Crippen molar-refractivity contribution in [2.75, 3.05) is 27.4 Å². The molecule has 172 valence electrons. The zero-order valence-corrected chi connectivity index (χ0v) is 20.9. The van der Waals surface area contributed by atoms with Gasteiger partial charge in [0.25, 0.3) is 5.91 Å². The summed E-state index contributed by atoms with van der Waals surface area (Å²) in [5.41, 5.74) is 1.85. The van der Waals surface area contributed by atoms with E-state index in [1.807, 2.05) is 6.07 Å². The van der Waals surface area contributed by atoms with Crippen LogP contribution in [-0.2, 0) is 9.53 Å². The minimum atomic E-state index is -0.382. The van der Waals surface area contributed by atoms with Crippen molar-refractivity contribution in [1.29, 1.82) is 0 Å². The van der Waals surface area contributed by atoms with Crippen molar-refractivity contribution in [2.45, 2.75) is 6.92 Å². The summed E-state index contributed by atoms with van der Waals surface area (Å²) >= 11 is 4.77. The monoisotopic (exact) mass is 530 g/mol. The Labute approximate surface area is 205 Å². The van der Waals surface area contributed by atoms with Crippen LogP contribution < -0.4 is 9.47 Å². The molecular formula is C24H23BrN2O5S. The summed E-state index contributed by atoms with van der Waals surface area (Å²) < 4.78 is 16.8. The summed E-state index contributed by atoms with van der Waals surface area (Å²) in [6.07, 6.45) is 3.43. The van der Waals surface area contributed by atoms with Crippen LogP contribution >= 0.6 is 27.7 Å². The SMILES string of the molecule is C=CCOc1c(Br)cc(C=C2SC(=Nc3ccc(C(=O)OCC)cc3)N(C)C2=O)cc1OC. The molecule has 1 fully saturated rings. The van der Waals surface area contributed by atoms with Gasteiger partial charge in [-0.2, -0.15) is 0 Å². The Kier molecular flexibility index (Phi) is 8.35. The lowest BCUT2D eigenvalue weighted by Gasteiger charge is -2.12. The van der Waals surface area contributed by atoms with Crippen molar-refractivity contribution in [3.63, 3.8) is 0 Å². The third-order valence-electron chi connectivity index (χ3n) is 4.50. The number of methoxy groups -OCH3 is 1. The third-order valence-corrected chi connectivity index (χ3v) is 6.15. The van der Waals surface area contributed by atoms with Gasteiger partial charge >= 0.3 is 5.97 Å². The lowest BCUT2D eigenvalue weighted by atomic mass is 10.2. The zero-order valence-electron chi connectivity index (χ0n) is 18.5. The number of ether oxygens (including phenoxy) is 3. The molecule has 0 atom stereocenters. The molecule has 3 rings (SSSR count). The Balaban J connectivity index is 1.84. The second-order valence-corrected chi connectivity index (χ2v) is 8.63. The van der Waals surface area contributed by atoms with Gasteiger partial charge < -0.3 is 14.2 Å². The van der Waals surface area contributed by atoms with E-state index in [1.165, 1.54) is 16.7 Å². The first-order chi connectivity index (χ1) is 15.9. The van der Waals surface area contributed by atoms with Crippen LogP contribution in [0.2, 0.25) is 0 Å². The van der Waals surface area contributed by atoms with Crippen LogP contribution in [0.3, 0.4) is 0 Å². The van der Waals surface area contributed by atoms with Crippen molar-refractivity contribution in [2.24, 2.45) is 4.99 Å². The summed E-state index contributed by atoms with van der Waals surface area (Å²) in [6.45, 7) is 6.07. The van der Waals surface area contributed by atoms with Crippen LogP contribution in [0.1, 0.15) is 22.8 Å². The van der Waals surface area contributed by atoms with E-state index in [4.69, 9.17) is 14.2 Å². The van der Waals surface area contributed by atoms with Gasteiger partial charge in [0.15, 0.2) is 16.7 Å². The Morgan fingerprint density at radius 2 is 2.00 bits per heavy atom. The van der Waals surface area contributed by atoms with Gasteiger partial charge in [-0.1, -0.05) is 12.7 Å². The number of likely N-dealkylation sites (N-methyl/N-ethyl adjacent to an activating group) is 1. The Bertz CT molecular complexity index is 1130. The number of carbonyl (C=O) groups is 2. The maximum absolute atomic E-state index is 12.8. The van der Waals surface area contributed by atoms with Crippen molar-refractivity contribution < 1.29 is 23.8 Å². The van der Waals surface area contributed by atoms with E-state index in [1.54, 1.807) is 63.6 Å². The molecule has 2 aromatic rings. The maximum Gasteiger partial charge on any atom is 0.338 e. The summed E-state index contributed by atoms with van der Waals surface area (Å²) in [5.74, 6) is 0.559. The molecule has 1 saturated heterocycles. The highest BCUT2D eigenvalue weighted by Crippen LogP contribution is 2.39. The van der Waals surface area contributed by atoms with E-state index in [9.17, 15) is 9.59 Å². The second kappa shape index (κ2) is 11.2. The normalized spacial score (nSPS) is 15.8. The number of amidine groups is 1. The molecule has 0 aromatic heterocycles. The number of amides is 1. The fraction of sp³-hybridized carbons (Fsp3) is 0.208. The van der Waals surface area contributed by atoms with Crippen LogP contribution in [0.5, 0.6) is 11.5 Å².